The highest BCUT2D eigenvalue weighted by Crippen LogP contribution is 2.31. The number of pyridine rings is 1. The van der Waals surface area contributed by atoms with E-state index in [0.717, 1.165) is 16.5 Å². The van der Waals surface area contributed by atoms with Crippen LogP contribution in [0.3, 0.4) is 0 Å². The molecule has 1 aromatic carbocycles. The summed E-state index contributed by atoms with van der Waals surface area (Å²) in [5.74, 6) is 1.30. The van der Waals surface area contributed by atoms with Crippen molar-refractivity contribution in [3.05, 3.63) is 48.8 Å². The van der Waals surface area contributed by atoms with E-state index in [1.807, 2.05) is 24.3 Å². The second-order valence-corrected chi connectivity index (χ2v) is 5.37. The number of nitrogens with zero attached hydrogens (tertiary/aromatic N) is 5. The SMILES string of the molecule is COc1cc(-c2c(N)nc(-n3ncc4ccccc43)nc2N)ccn1. The molecule has 25 heavy (non-hydrogen) atoms. The monoisotopic (exact) mass is 333 g/mol. The van der Waals surface area contributed by atoms with Gasteiger partial charge in [-0.2, -0.15) is 19.7 Å². The van der Waals surface area contributed by atoms with E-state index in [2.05, 4.69) is 20.1 Å². The van der Waals surface area contributed by atoms with Crippen molar-refractivity contribution in [1.29, 1.82) is 0 Å². The maximum absolute atomic E-state index is 6.16. The molecule has 0 aliphatic rings. The van der Waals surface area contributed by atoms with Gasteiger partial charge >= 0.3 is 0 Å². The number of ether oxygens (including phenoxy) is 1. The van der Waals surface area contributed by atoms with Crippen LogP contribution >= 0.6 is 0 Å². The summed E-state index contributed by atoms with van der Waals surface area (Å²) in [7, 11) is 1.54. The first kappa shape index (κ1) is 14.9. The molecule has 0 fully saturated rings. The number of rotatable bonds is 3. The van der Waals surface area contributed by atoms with Crippen LogP contribution in [-0.2, 0) is 0 Å². The Morgan fingerprint density at radius 1 is 1.04 bits per heavy atom. The summed E-state index contributed by atoms with van der Waals surface area (Å²) in [6.45, 7) is 0. The van der Waals surface area contributed by atoms with Crippen LogP contribution in [0.15, 0.2) is 48.8 Å². The second kappa shape index (κ2) is 5.75. The molecule has 0 radical (unpaired) electrons. The van der Waals surface area contributed by atoms with E-state index in [0.29, 0.717) is 17.4 Å². The van der Waals surface area contributed by atoms with E-state index in [1.165, 1.54) is 0 Å². The molecule has 0 unspecified atom stereocenters. The molecule has 0 spiro atoms. The lowest BCUT2D eigenvalue weighted by Gasteiger charge is -2.11. The van der Waals surface area contributed by atoms with Crippen molar-refractivity contribution in [2.24, 2.45) is 0 Å². The van der Waals surface area contributed by atoms with Crippen molar-refractivity contribution in [3.8, 4) is 23.0 Å². The van der Waals surface area contributed by atoms with Gasteiger partial charge in [-0.15, -0.1) is 0 Å². The van der Waals surface area contributed by atoms with E-state index in [4.69, 9.17) is 16.2 Å². The van der Waals surface area contributed by atoms with E-state index in [-0.39, 0.29) is 11.6 Å². The largest absolute Gasteiger partial charge is 0.481 e. The van der Waals surface area contributed by atoms with Crippen LogP contribution < -0.4 is 16.2 Å². The molecule has 0 aliphatic heterocycles. The zero-order valence-corrected chi connectivity index (χ0v) is 13.4. The maximum atomic E-state index is 6.16. The smallest absolute Gasteiger partial charge is 0.255 e. The van der Waals surface area contributed by atoms with Crippen molar-refractivity contribution in [2.75, 3.05) is 18.6 Å². The average Bonchev–Trinajstić information content (AvgIpc) is 3.05. The Balaban J connectivity index is 1.86. The van der Waals surface area contributed by atoms with E-state index >= 15 is 0 Å². The summed E-state index contributed by atoms with van der Waals surface area (Å²) in [5, 5.41) is 5.31. The van der Waals surface area contributed by atoms with Crippen molar-refractivity contribution < 1.29 is 4.74 Å². The lowest BCUT2D eigenvalue weighted by molar-refractivity contribution is 0.398. The Bertz CT molecular complexity index is 1050. The highest BCUT2D eigenvalue weighted by atomic mass is 16.5. The minimum atomic E-state index is 0.260. The van der Waals surface area contributed by atoms with Gasteiger partial charge in [0.05, 0.1) is 24.4 Å². The van der Waals surface area contributed by atoms with Crippen molar-refractivity contribution >= 4 is 22.5 Å². The van der Waals surface area contributed by atoms with Crippen LogP contribution in [0, 0.1) is 0 Å². The molecule has 0 amide bonds. The van der Waals surface area contributed by atoms with Crippen LogP contribution in [0.2, 0.25) is 0 Å². The van der Waals surface area contributed by atoms with Gasteiger partial charge in [0.1, 0.15) is 11.6 Å². The predicted octanol–water partition coefficient (Wildman–Crippen LogP) is 2.05. The van der Waals surface area contributed by atoms with Crippen LogP contribution in [0.1, 0.15) is 0 Å². The summed E-state index contributed by atoms with van der Waals surface area (Å²) in [6.07, 6.45) is 3.36. The summed E-state index contributed by atoms with van der Waals surface area (Å²) >= 11 is 0. The van der Waals surface area contributed by atoms with Crippen LogP contribution in [-0.4, -0.2) is 31.8 Å². The first-order valence-corrected chi connectivity index (χ1v) is 7.54. The van der Waals surface area contributed by atoms with Gasteiger partial charge < -0.3 is 16.2 Å². The fourth-order valence-corrected chi connectivity index (χ4v) is 2.68. The molecule has 4 aromatic rings. The minimum absolute atomic E-state index is 0.260. The molecule has 4 N–H and O–H groups in total. The normalized spacial score (nSPS) is 10.9. The number of hydrogen-bond donors (Lipinski definition) is 2. The summed E-state index contributed by atoms with van der Waals surface area (Å²) in [4.78, 5) is 12.8. The quantitative estimate of drug-likeness (QED) is 0.589. The Labute approximate surface area is 143 Å². The topological polar surface area (TPSA) is 118 Å². The Morgan fingerprint density at radius 2 is 1.80 bits per heavy atom. The van der Waals surface area contributed by atoms with E-state index in [9.17, 15) is 0 Å². The molecule has 8 nitrogen and oxygen atoms in total. The molecule has 0 atom stereocenters. The van der Waals surface area contributed by atoms with Crippen LogP contribution in [0.5, 0.6) is 5.88 Å². The molecule has 3 heterocycles. The molecule has 8 heteroatoms. The third kappa shape index (κ3) is 2.49. The third-order valence-corrected chi connectivity index (χ3v) is 3.85. The highest BCUT2D eigenvalue weighted by molar-refractivity contribution is 5.84. The van der Waals surface area contributed by atoms with Gasteiger partial charge in [-0.3, -0.25) is 0 Å². The summed E-state index contributed by atoms with van der Waals surface area (Å²) in [5.41, 5.74) is 14.5. The summed E-state index contributed by atoms with van der Waals surface area (Å²) < 4.78 is 6.75. The van der Waals surface area contributed by atoms with Gasteiger partial charge in [0, 0.05) is 17.6 Å². The molecular weight excluding hydrogens is 318 g/mol. The Morgan fingerprint density at radius 3 is 2.56 bits per heavy atom. The molecule has 0 saturated heterocycles. The van der Waals surface area contributed by atoms with Gasteiger partial charge in [0.15, 0.2) is 0 Å². The molecule has 0 saturated carbocycles. The average molecular weight is 333 g/mol. The maximum Gasteiger partial charge on any atom is 0.255 e. The molecule has 3 aromatic heterocycles. The van der Waals surface area contributed by atoms with Crippen molar-refractivity contribution in [3.63, 3.8) is 0 Å². The van der Waals surface area contributed by atoms with E-state index < -0.39 is 0 Å². The molecule has 0 bridgehead atoms. The summed E-state index contributed by atoms with van der Waals surface area (Å²) in [6, 6.07) is 11.3. The molecule has 4 rings (SSSR count). The van der Waals surface area contributed by atoms with Crippen LogP contribution in [0.4, 0.5) is 11.6 Å². The first-order chi connectivity index (χ1) is 12.2. The fraction of sp³-hybridized carbons (Fsp3) is 0.0588. The third-order valence-electron chi connectivity index (χ3n) is 3.85. The zero-order chi connectivity index (χ0) is 17.4. The highest BCUT2D eigenvalue weighted by Gasteiger charge is 2.16. The van der Waals surface area contributed by atoms with Crippen LogP contribution in [0.25, 0.3) is 28.0 Å². The number of methoxy groups -OCH3 is 1. The number of fused-ring (bicyclic) bond motifs is 1. The second-order valence-electron chi connectivity index (χ2n) is 5.37. The first-order valence-electron chi connectivity index (χ1n) is 7.54. The predicted molar refractivity (Wildman–Crippen MR) is 95.3 cm³/mol. The van der Waals surface area contributed by atoms with Gasteiger partial charge in [-0.25, -0.2) is 4.98 Å². The van der Waals surface area contributed by atoms with Gasteiger partial charge in [0.2, 0.25) is 5.88 Å². The number of aromatic nitrogens is 5. The number of benzene rings is 1. The Kier molecular flexibility index (Phi) is 3.42. The van der Waals surface area contributed by atoms with Crippen molar-refractivity contribution in [2.45, 2.75) is 0 Å². The molecular formula is C17H15N7O. The standard InChI is InChI=1S/C17H15N7O/c1-25-13-8-10(6-7-20-13)14-15(18)22-17(23-16(14)19)24-12-5-3-2-4-11(12)9-21-24/h2-9H,1H3,(H4,18,19,22,23). The fourth-order valence-electron chi connectivity index (χ4n) is 2.68. The van der Waals surface area contributed by atoms with Gasteiger partial charge in [-0.1, -0.05) is 18.2 Å². The number of hydrogen-bond acceptors (Lipinski definition) is 7. The van der Waals surface area contributed by atoms with E-state index in [1.54, 1.807) is 36.3 Å². The molecule has 0 aliphatic carbocycles. The lowest BCUT2D eigenvalue weighted by Crippen LogP contribution is -2.10. The number of nitrogen functional groups attached to an aromatic ring is 2. The number of anilines is 2. The van der Waals surface area contributed by atoms with Gasteiger partial charge in [-0.05, 0) is 17.7 Å². The van der Waals surface area contributed by atoms with Gasteiger partial charge in [0.25, 0.3) is 5.95 Å². The van der Waals surface area contributed by atoms with Crippen molar-refractivity contribution in [1.82, 2.24) is 24.7 Å². The lowest BCUT2D eigenvalue weighted by atomic mass is 10.1. The minimum Gasteiger partial charge on any atom is -0.481 e. The number of nitrogens with two attached hydrogens (primary N) is 2. The molecule has 124 valence electrons. The zero-order valence-electron chi connectivity index (χ0n) is 13.4. The Hall–Kier alpha value is -3.68. The number of para-hydroxylation sites is 1.